The van der Waals surface area contributed by atoms with E-state index in [2.05, 4.69) is 33.2 Å². The van der Waals surface area contributed by atoms with Gasteiger partial charge in [0.25, 0.3) is 11.8 Å². The number of amides is 2. The van der Waals surface area contributed by atoms with E-state index in [0.717, 1.165) is 22.3 Å². The van der Waals surface area contributed by atoms with Gasteiger partial charge in [-0.2, -0.15) is 10.1 Å². The minimum atomic E-state index is -0.239. The van der Waals surface area contributed by atoms with Gasteiger partial charge in [-0.05, 0) is 52.1 Å². The quantitative estimate of drug-likeness (QED) is 0.418. The summed E-state index contributed by atoms with van der Waals surface area (Å²) < 4.78 is 11.4. The second-order valence-corrected chi connectivity index (χ2v) is 8.54. The standard InChI is InChI=1S/C20H19BrN2O4/c1-26-14-8-15(27-2)13(21)7-10(14)9-22-23-18(24)16-11-3-4-12(17(16)19(23)25)20(11)5-6-20/h3-4,7-9,11-12,16-17H,5-6H2,1-2H3/t11-,12-,16-,17+/m1/s1. The average Bonchev–Trinajstić information content (AvgIpc) is 3.27. The van der Waals surface area contributed by atoms with E-state index in [-0.39, 0.29) is 40.9 Å². The Morgan fingerprint density at radius 2 is 1.67 bits per heavy atom. The zero-order valence-corrected chi connectivity index (χ0v) is 16.6. The van der Waals surface area contributed by atoms with Crippen molar-refractivity contribution in [1.29, 1.82) is 0 Å². The maximum atomic E-state index is 12.9. The van der Waals surface area contributed by atoms with Gasteiger partial charge >= 0.3 is 0 Å². The summed E-state index contributed by atoms with van der Waals surface area (Å²) >= 11 is 3.43. The van der Waals surface area contributed by atoms with E-state index in [9.17, 15) is 9.59 Å². The highest BCUT2D eigenvalue weighted by Crippen LogP contribution is 2.73. The van der Waals surface area contributed by atoms with E-state index in [0.29, 0.717) is 17.1 Å². The fraction of sp³-hybridized carbons (Fsp3) is 0.450. The van der Waals surface area contributed by atoms with Crippen LogP contribution in [0.5, 0.6) is 11.5 Å². The van der Waals surface area contributed by atoms with Crippen molar-refractivity contribution in [2.45, 2.75) is 12.8 Å². The van der Waals surface area contributed by atoms with Gasteiger partial charge in [0.1, 0.15) is 11.5 Å². The summed E-state index contributed by atoms with van der Waals surface area (Å²) in [6, 6.07) is 3.52. The van der Waals surface area contributed by atoms with Crippen molar-refractivity contribution in [2.75, 3.05) is 14.2 Å². The lowest BCUT2D eigenvalue weighted by atomic mass is 9.85. The molecule has 1 saturated heterocycles. The Morgan fingerprint density at radius 1 is 1.07 bits per heavy atom. The molecule has 2 amide bonds. The van der Waals surface area contributed by atoms with Crippen LogP contribution in [-0.4, -0.2) is 37.3 Å². The molecular weight excluding hydrogens is 412 g/mol. The van der Waals surface area contributed by atoms with Crippen molar-refractivity contribution in [3.05, 3.63) is 34.3 Å². The summed E-state index contributed by atoms with van der Waals surface area (Å²) in [6.07, 6.45) is 8.07. The number of nitrogens with zero attached hydrogens (tertiary/aromatic N) is 2. The van der Waals surface area contributed by atoms with Crippen molar-refractivity contribution in [1.82, 2.24) is 5.01 Å². The van der Waals surface area contributed by atoms with Crippen molar-refractivity contribution < 1.29 is 19.1 Å². The smallest absolute Gasteiger partial charge is 0.254 e. The molecule has 140 valence electrons. The first-order chi connectivity index (χ1) is 13.0. The van der Waals surface area contributed by atoms with E-state index < -0.39 is 0 Å². The normalized spacial score (nSPS) is 32.0. The Hall–Kier alpha value is -2.15. The second kappa shape index (κ2) is 5.67. The molecule has 1 heterocycles. The van der Waals surface area contributed by atoms with Crippen LogP contribution < -0.4 is 9.47 Å². The molecule has 4 aliphatic rings. The SMILES string of the molecule is COc1cc(OC)c(C=NN2C(=O)[C@@H]3[C@H](C2=O)[C@H]2C=C[C@H]3C23CC3)cc1Br. The maximum absolute atomic E-state index is 12.9. The predicted octanol–water partition coefficient (Wildman–Crippen LogP) is 3.00. The third-order valence-electron chi connectivity index (χ3n) is 6.65. The van der Waals surface area contributed by atoms with Crippen molar-refractivity contribution in [3.8, 4) is 11.5 Å². The summed E-state index contributed by atoms with van der Waals surface area (Å²) in [4.78, 5) is 25.9. The van der Waals surface area contributed by atoms with E-state index in [1.807, 2.05) is 0 Å². The Morgan fingerprint density at radius 3 is 2.19 bits per heavy atom. The number of fused-ring (bicyclic) bond motifs is 3. The van der Waals surface area contributed by atoms with Crippen molar-refractivity contribution >= 4 is 34.0 Å². The molecule has 3 aliphatic carbocycles. The molecule has 0 radical (unpaired) electrons. The molecule has 2 bridgehead atoms. The van der Waals surface area contributed by atoms with Gasteiger partial charge in [-0.25, -0.2) is 0 Å². The van der Waals surface area contributed by atoms with Gasteiger partial charge in [0.2, 0.25) is 0 Å². The third kappa shape index (κ3) is 2.15. The first kappa shape index (κ1) is 17.0. The zero-order chi connectivity index (χ0) is 18.9. The molecule has 1 aromatic carbocycles. The van der Waals surface area contributed by atoms with Gasteiger partial charge in [0.15, 0.2) is 0 Å². The second-order valence-electron chi connectivity index (χ2n) is 7.68. The first-order valence-electron chi connectivity index (χ1n) is 9.03. The molecule has 3 fully saturated rings. The maximum Gasteiger partial charge on any atom is 0.254 e. The van der Waals surface area contributed by atoms with Crippen LogP contribution in [0.4, 0.5) is 0 Å². The van der Waals surface area contributed by atoms with Crippen LogP contribution in [0.2, 0.25) is 0 Å². The number of benzene rings is 1. The lowest BCUT2D eigenvalue weighted by molar-refractivity contribution is -0.141. The minimum absolute atomic E-state index is 0.170. The van der Waals surface area contributed by atoms with Crippen LogP contribution in [0.25, 0.3) is 0 Å². The van der Waals surface area contributed by atoms with Crippen LogP contribution in [0.3, 0.4) is 0 Å². The molecule has 1 aromatic rings. The van der Waals surface area contributed by atoms with Crippen LogP contribution in [0.15, 0.2) is 33.9 Å². The Labute approximate surface area is 165 Å². The number of allylic oxidation sites excluding steroid dienone is 2. The number of imide groups is 1. The van der Waals surface area contributed by atoms with Gasteiger partial charge in [0, 0.05) is 11.6 Å². The van der Waals surface area contributed by atoms with Gasteiger partial charge in [-0.3, -0.25) is 9.59 Å². The Kier molecular flexibility index (Phi) is 3.57. The van der Waals surface area contributed by atoms with Crippen LogP contribution >= 0.6 is 15.9 Å². The third-order valence-corrected chi connectivity index (χ3v) is 7.27. The van der Waals surface area contributed by atoms with Gasteiger partial charge in [-0.1, -0.05) is 12.2 Å². The summed E-state index contributed by atoms with van der Waals surface area (Å²) in [7, 11) is 3.12. The number of hydrogen-bond donors (Lipinski definition) is 0. The van der Waals surface area contributed by atoms with Crippen molar-refractivity contribution in [3.63, 3.8) is 0 Å². The van der Waals surface area contributed by atoms with Crippen molar-refractivity contribution in [2.24, 2.45) is 34.2 Å². The molecule has 0 N–H and O–H groups in total. The number of ether oxygens (including phenoxy) is 2. The summed E-state index contributed by atoms with van der Waals surface area (Å²) in [5, 5.41) is 5.31. The minimum Gasteiger partial charge on any atom is -0.496 e. The zero-order valence-electron chi connectivity index (χ0n) is 15.0. The number of rotatable bonds is 4. The lowest BCUT2D eigenvalue weighted by Crippen LogP contribution is -2.30. The number of carbonyl (C=O) groups is 2. The molecule has 4 atom stereocenters. The van der Waals surface area contributed by atoms with Crippen LogP contribution in [0, 0.1) is 29.1 Å². The predicted molar refractivity (Wildman–Crippen MR) is 101 cm³/mol. The lowest BCUT2D eigenvalue weighted by Gasteiger charge is -2.18. The Bertz CT molecular complexity index is 887. The molecule has 6 nitrogen and oxygen atoms in total. The molecule has 7 heteroatoms. The van der Waals surface area contributed by atoms with Crippen LogP contribution in [0.1, 0.15) is 18.4 Å². The van der Waals surface area contributed by atoms with E-state index >= 15 is 0 Å². The van der Waals surface area contributed by atoms with Gasteiger partial charge in [-0.15, -0.1) is 0 Å². The molecule has 2 saturated carbocycles. The molecule has 1 aliphatic heterocycles. The summed E-state index contributed by atoms with van der Waals surface area (Å²) in [5.74, 6) is 0.767. The summed E-state index contributed by atoms with van der Waals surface area (Å²) in [6.45, 7) is 0. The highest BCUT2D eigenvalue weighted by Gasteiger charge is 2.73. The van der Waals surface area contributed by atoms with Crippen LogP contribution in [-0.2, 0) is 9.59 Å². The topological polar surface area (TPSA) is 68.2 Å². The number of carbonyl (C=O) groups excluding carboxylic acids is 2. The number of hydrazone groups is 1. The van der Waals surface area contributed by atoms with E-state index in [1.165, 1.54) is 6.21 Å². The molecule has 1 spiro atoms. The first-order valence-corrected chi connectivity index (χ1v) is 9.83. The fourth-order valence-corrected chi connectivity index (χ4v) is 5.80. The van der Waals surface area contributed by atoms with Gasteiger partial charge in [0.05, 0.1) is 36.7 Å². The summed E-state index contributed by atoms with van der Waals surface area (Å²) in [5.41, 5.74) is 0.850. The monoisotopic (exact) mass is 430 g/mol. The highest BCUT2D eigenvalue weighted by molar-refractivity contribution is 9.10. The van der Waals surface area contributed by atoms with E-state index in [1.54, 1.807) is 26.4 Å². The molecule has 0 unspecified atom stereocenters. The number of hydrogen-bond acceptors (Lipinski definition) is 5. The average molecular weight is 431 g/mol. The largest absolute Gasteiger partial charge is 0.496 e. The molecule has 0 aromatic heterocycles. The Balaban J connectivity index is 1.44. The molecule has 5 rings (SSSR count). The van der Waals surface area contributed by atoms with E-state index in [4.69, 9.17) is 9.47 Å². The highest BCUT2D eigenvalue weighted by atomic mass is 79.9. The number of halogens is 1. The molecular formula is C20H19BrN2O4. The number of methoxy groups -OCH3 is 2. The van der Waals surface area contributed by atoms with Gasteiger partial charge < -0.3 is 9.47 Å². The molecule has 27 heavy (non-hydrogen) atoms. The fourth-order valence-electron chi connectivity index (χ4n) is 5.28.